The van der Waals surface area contributed by atoms with Gasteiger partial charge >= 0.3 is 46.1 Å². The van der Waals surface area contributed by atoms with E-state index in [0.29, 0.717) is 0 Å². The molecule has 0 aliphatic heterocycles. The minimum Gasteiger partial charge on any atom is -1.00 e. The molecule has 0 aromatic carbocycles. The Hall–Kier alpha value is 3.79. The summed E-state index contributed by atoms with van der Waals surface area (Å²) in [5.74, 6) is 0. The Morgan fingerprint density at radius 3 is 1.00 bits per heavy atom. The average molecular weight is 237 g/mol. The van der Waals surface area contributed by atoms with E-state index in [9.17, 15) is 0 Å². The van der Waals surface area contributed by atoms with Gasteiger partial charge in [0, 0.05) is 52.2 Å². The summed E-state index contributed by atoms with van der Waals surface area (Å²) in [5.41, 5.74) is 0. The fraction of sp³-hybridized carbons (Fsp3) is 0. The maximum absolute atomic E-state index is 0. The van der Waals surface area contributed by atoms with Gasteiger partial charge in [0.25, 0.3) is 0 Å². The molecule has 19 valence electrons. The van der Waals surface area contributed by atoms with E-state index in [1.807, 2.05) is 0 Å². The second kappa shape index (κ2) is 25.0. The maximum atomic E-state index is 0. The smallest absolute Gasteiger partial charge is 1.00 e. The van der Waals surface area contributed by atoms with E-state index in [4.69, 9.17) is 0 Å². The van der Waals surface area contributed by atoms with Crippen LogP contribution >= 0.6 is 0 Å². The van der Waals surface area contributed by atoms with E-state index in [-0.39, 0.29) is 121 Å². The van der Waals surface area contributed by atoms with Gasteiger partial charge in [0.1, 0.15) is 0 Å². The van der Waals surface area contributed by atoms with Crippen LogP contribution in [-0.2, 0) is 52.2 Å². The molecule has 0 aliphatic carbocycles. The van der Waals surface area contributed by atoms with Crippen LogP contribution in [0.15, 0.2) is 0 Å². The Morgan fingerprint density at radius 1 is 1.00 bits per heavy atom. The SMILES string of the molecule is [AlH3].[H-].[H-].[H-].[H-].[Mg+2].[Mg+2].[Y].[Zn]. The van der Waals surface area contributed by atoms with Gasteiger partial charge in [0.05, 0.1) is 0 Å². The predicted molar refractivity (Wildman–Crippen MR) is 25.9 cm³/mol. The summed E-state index contributed by atoms with van der Waals surface area (Å²) in [4.78, 5) is 0. The van der Waals surface area contributed by atoms with Crippen molar-refractivity contribution in [3.05, 3.63) is 0 Å². The Labute approximate surface area is 119 Å². The van der Waals surface area contributed by atoms with Crippen molar-refractivity contribution < 1.29 is 57.9 Å². The van der Waals surface area contributed by atoms with Gasteiger partial charge in [-0.1, -0.05) is 0 Å². The molecule has 0 unspecified atom stereocenters. The fourth-order valence-corrected chi connectivity index (χ4v) is 0. The second-order valence-corrected chi connectivity index (χ2v) is 0. The molecule has 0 bridgehead atoms. The zero-order valence-corrected chi connectivity index (χ0v) is 11.3. The van der Waals surface area contributed by atoms with Crippen molar-refractivity contribution >= 4 is 63.5 Å². The van der Waals surface area contributed by atoms with Gasteiger partial charge < -0.3 is 5.71 Å². The van der Waals surface area contributed by atoms with Crippen LogP contribution in [0.25, 0.3) is 0 Å². The molecule has 0 saturated heterocycles. The molecule has 0 atom stereocenters. The monoisotopic (exact) mass is 235 g/mol. The van der Waals surface area contributed by atoms with Gasteiger partial charge in [-0.25, -0.2) is 0 Å². The normalized spacial score (nSPS) is 0. The molecule has 0 aliphatic rings. The third-order valence-electron chi connectivity index (χ3n) is 0. The third kappa shape index (κ3) is 18.2. The average Bonchev–Trinajstić information content (AvgIpc) is 0. The molecular weight excluding hydrogens is 230 g/mol. The van der Waals surface area contributed by atoms with Crippen LogP contribution in [0.4, 0.5) is 0 Å². The summed E-state index contributed by atoms with van der Waals surface area (Å²) < 4.78 is 0. The largest absolute Gasteiger partial charge is 2.00 e. The van der Waals surface area contributed by atoms with Crippen LogP contribution in [-0.4, -0.2) is 63.5 Å². The number of hydrogen-bond acceptors (Lipinski definition) is 0. The summed E-state index contributed by atoms with van der Waals surface area (Å²) in [6.45, 7) is 0. The van der Waals surface area contributed by atoms with E-state index in [0.717, 1.165) is 0 Å². The van der Waals surface area contributed by atoms with E-state index >= 15 is 0 Å². The van der Waals surface area contributed by atoms with Gasteiger partial charge in [-0.2, -0.15) is 0 Å². The number of rotatable bonds is 0. The van der Waals surface area contributed by atoms with Crippen molar-refractivity contribution in [1.82, 2.24) is 0 Å². The zero-order chi connectivity index (χ0) is 0. The Balaban J connectivity index is 0. The Morgan fingerprint density at radius 2 is 1.00 bits per heavy atom. The van der Waals surface area contributed by atoms with Crippen molar-refractivity contribution in [2.75, 3.05) is 0 Å². The second-order valence-electron chi connectivity index (χ2n) is 0. The maximum Gasteiger partial charge on any atom is 2.00 e. The van der Waals surface area contributed by atoms with Gasteiger partial charge in [0.15, 0.2) is 17.4 Å². The van der Waals surface area contributed by atoms with Crippen LogP contribution in [0, 0.1) is 0 Å². The summed E-state index contributed by atoms with van der Waals surface area (Å²) in [6.07, 6.45) is 0. The molecule has 0 saturated carbocycles. The molecule has 5 heavy (non-hydrogen) atoms. The first kappa shape index (κ1) is 37.1. The predicted octanol–water partition coefficient (Wildman–Crippen LogP) is -1.50. The molecule has 0 aromatic rings. The molecule has 0 aromatic heterocycles. The molecule has 0 N–H and O–H groups in total. The van der Waals surface area contributed by atoms with E-state index in [1.165, 1.54) is 0 Å². The minimum absolute atomic E-state index is 0. The summed E-state index contributed by atoms with van der Waals surface area (Å²) in [6, 6.07) is 0. The number of hydrogen-bond donors (Lipinski definition) is 0. The summed E-state index contributed by atoms with van der Waals surface area (Å²) >= 11 is 0. The molecule has 5 heteroatoms. The summed E-state index contributed by atoms with van der Waals surface area (Å²) in [7, 11) is 0. The molecule has 0 spiro atoms. The van der Waals surface area contributed by atoms with E-state index in [1.54, 1.807) is 0 Å². The van der Waals surface area contributed by atoms with Crippen molar-refractivity contribution in [3.8, 4) is 0 Å². The quantitative estimate of drug-likeness (QED) is 0.450. The van der Waals surface area contributed by atoms with Crippen LogP contribution in [0.1, 0.15) is 5.71 Å². The Kier molecular flexibility index (Phi) is 186. The van der Waals surface area contributed by atoms with Crippen molar-refractivity contribution in [3.63, 3.8) is 0 Å². The van der Waals surface area contributed by atoms with Crippen molar-refractivity contribution in [2.24, 2.45) is 0 Å². The van der Waals surface area contributed by atoms with Gasteiger partial charge in [-0.3, -0.25) is 0 Å². The van der Waals surface area contributed by atoms with Crippen molar-refractivity contribution in [1.29, 1.82) is 0 Å². The topological polar surface area (TPSA) is 0 Å². The van der Waals surface area contributed by atoms with Crippen LogP contribution < -0.4 is 0 Å². The molecule has 0 heterocycles. The van der Waals surface area contributed by atoms with Gasteiger partial charge in [0.2, 0.25) is 0 Å². The van der Waals surface area contributed by atoms with E-state index in [2.05, 4.69) is 0 Å². The van der Waals surface area contributed by atoms with Crippen molar-refractivity contribution in [2.45, 2.75) is 0 Å². The van der Waals surface area contributed by atoms with E-state index < -0.39 is 0 Å². The summed E-state index contributed by atoms with van der Waals surface area (Å²) in [5, 5.41) is 0. The first-order valence-electron chi connectivity index (χ1n) is 0. The molecule has 0 nitrogen and oxygen atoms in total. The third-order valence-corrected chi connectivity index (χ3v) is 0. The molecule has 1 radical (unpaired) electrons. The van der Waals surface area contributed by atoms with Gasteiger partial charge in [-0.05, 0) is 0 Å². The molecule has 0 rings (SSSR count). The van der Waals surface area contributed by atoms with Crippen LogP contribution in [0.2, 0.25) is 0 Å². The van der Waals surface area contributed by atoms with Crippen LogP contribution in [0.3, 0.4) is 0 Å². The molecule has 0 fully saturated rings. The standard InChI is InChI=1S/Al.2Mg.Y.Zn.7H/q;2*+2;;;;;;4*-1. The zero-order valence-electron chi connectivity index (χ0n) is 6.70. The Bertz CT molecular complexity index is 18.5. The van der Waals surface area contributed by atoms with Gasteiger partial charge in [-0.15, -0.1) is 0 Å². The van der Waals surface area contributed by atoms with Crippen LogP contribution in [0.5, 0.6) is 0 Å². The molecule has 0 amide bonds. The molecular formula is H7AlMg2YZn. The minimum atomic E-state index is 0. The fourth-order valence-electron chi connectivity index (χ4n) is 0. The first-order valence-corrected chi connectivity index (χ1v) is 0. The first-order chi connectivity index (χ1) is 0.